The predicted molar refractivity (Wildman–Crippen MR) is 76.0 cm³/mol. The highest BCUT2D eigenvalue weighted by atomic mass is 35.5. The Kier molecular flexibility index (Phi) is 6.09. The maximum absolute atomic E-state index is 13.0. The van der Waals surface area contributed by atoms with Crippen LogP contribution >= 0.6 is 11.6 Å². The third kappa shape index (κ3) is 4.92. The number of hydrogen-bond acceptors (Lipinski definition) is 4. The first-order valence-electron chi connectivity index (χ1n) is 5.98. The van der Waals surface area contributed by atoms with Gasteiger partial charge in [-0.25, -0.2) is 17.9 Å². The Bertz CT molecular complexity index is 592. The molecule has 1 aromatic rings. The van der Waals surface area contributed by atoms with Gasteiger partial charge in [0.2, 0.25) is 15.9 Å². The number of nitrogens with two attached hydrogens (primary N) is 1. The van der Waals surface area contributed by atoms with Crippen LogP contribution in [-0.4, -0.2) is 37.5 Å². The van der Waals surface area contributed by atoms with Crippen molar-refractivity contribution in [1.29, 1.82) is 0 Å². The van der Waals surface area contributed by atoms with E-state index in [-0.39, 0.29) is 10.5 Å². The lowest BCUT2D eigenvalue weighted by Crippen LogP contribution is -2.43. The summed E-state index contributed by atoms with van der Waals surface area (Å²) in [6.45, 7) is 0.410. The molecule has 6 nitrogen and oxygen atoms in total. The van der Waals surface area contributed by atoms with Crippen LogP contribution in [0, 0.1) is 0 Å². The number of aliphatic hydroxyl groups is 1. The predicted octanol–water partition coefficient (Wildman–Crippen LogP) is 0.449. The SMILES string of the molecule is C[C@@H](Cl)C(=O)N[C@H](CF)[C@H](O)c1ccc(S(N)(=O)=O)cc1. The average molecular weight is 339 g/mol. The summed E-state index contributed by atoms with van der Waals surface area (Å²) in [5.41, 5.74) is 0.243. The fourth-order valence-electron chi connectivity index (χ4n) is 1.59. The minimum absolute atomic E-state index is 0.131. The smallest absolute Gasteiger partial charge is 0.238 e. The highest BCUT2D eigenvalue weighted by Gasteiger charge is 2.24. The van der Waals surface area contributed by atoms with Crippen LogP contribution in [0.25, 0.3) is 0 Å². The number of alkyl halides is 2. The first-order chi connectivity index (χ1) is 9.66. The molecule has 0 aliphatic rings. The van der Waals surface area contributed by atoms with E-state index in [2.05, 4.69) is 5.32 Å². The van der Waals surface area contributed by atoms with Gasteiger partial charge in [0.05, 0.1) is 10.9 Å². The monoisotopic (exact) mass is 338 g/mol. The van der Waals surface area contributed by atoms with E-state index in [1.165, 1.54) is 31.2 Å². The van der Waals surface area contributed by atoms with E-state index in [0.717, 1.165) is 0 Å². The quantitative estimate of drug-likeness (QED) is 0.654. The summed E-state index contributed by atoms with van der Waals surface area (Å²) in [5, 5.41) is 16.4. The summed E-state index contributed by atoms with van der Waals surface area (Å²) < 4.78 is 35.2. The summed E-state index contributed by atoms with van der Waals surface area (Å²) in [6, 6.07) is 3.79. The van der Waals surface area contributed by atoms with Crippen molar-refractivity contribution in [2.45, 2.75) is 29.3 Å². The van der Waals surface area contributed by atoms with Crippen LogP contribution < -0.4 is 10.5 Å². The number of benzene rings is 1. The normalized spacial score (nSPS) is 16.0. The van der Waals surface area contributed by atoms with E-state index in [1.807, 2.05) is 0 Å². The third-order valence-electron chi connectivity index (χ3n) is 2.79. The first kappa shape index (κ1) is 17.8. The molecule has 0 spiro atoms. The van der Waals surface area contributed by atoms with Crippen LogP contribution in [0.4, 0.5) is 4.39 Å². The van der Waals surface area contributed by atoms with Gasteiger partial charge in [0, 0.05) is 0 Å². The van der Waals surface area contributed by atoms with Crippen LogP contribution in [0.2, 0.25) is 0 Å². The molecule has 1 rings (SSSR count). The summed E-state index contributed by atoms with van der Waals surface area (Å²) >= 11 is 5.55. The zero-order valence-corrected chi connectivity index (χ0v) is 12.7. The second kappa shape index (κ2) is 7.17. The van der Waals surface area contributed by atoms with Crippen LogP contribution in [-0.2, 0) is 14.8 Å². The topological polar surface area (TPSA) is 109 Å². The molecule has 1 aromatic carbocycles. The van der Waals surface area contributed by atoms with Crippen LogP contribution in [0.1, 0.15) is 18.6 Å². The summed E-state index contributed by atoms with van der Waals surface area (Å²) in [5.74, 6) is -0.612. The van der Waals surface area contributed by atoms with Crippen molar-refractivity contribution in [3.05, 3.63) is 29.8 Å². The average Bonchev–Trinajstić information content (AvgIpc) is 2.42. The maximum Gasteiger partial charge on any atom is 0.238 e. The van der Waals surface area contributed by atoms with Crippen molar-refractivity contribution in [1.82, 2.24) is 5.32 Å². The molecule has 3 atom stereocenters. The molecule has 0 aromatic heterocycles. The standard InChI is InChI=1S/C12H16ClFN2O4S/c1-7(13)12(18)16-10(6-14)11(17)8-2-4-9(5-3-8)21(15,19)20/h2-5,7,10-11,17H,6H2,1H3,(H,16,18)(H2,15,19,20)/t7-,10-,11-/m1/s1. The molecule has 4 N–H and O–H groups in total. The molecule has 0 aliphatic carbocycles. The molecule has 1 amide bonds. The van der Waals surface area contributed by atoms with Gasteiger partial charge in [-0.3, -0.25) is 4.79 Å². The van der Waals surface area contributed by atoms with E-state index >= 15 is 0 Å². The van der Waals surface area contributed by atoms with Crippen molar-refractivity contribution < 1.29 is 22.7 Å². The lowest BCUT2D eigenvalue weighted by atomic mass is 10.0. The molecule has 21 heavy (non-hydrogen) atoms. The number of aliphatic hydroxyl groups excluding tert-OH is 1. The Morgan fingerprint density at radius 3 is 2.33 bits per heavy atom. The molecule has 0 radical (unpaired) electrons. The van der Waals surface area contributed by atoms with Crippen LogP contribution in [0.3, 0.4) is 0 Å². The van der Waals surface area contributed by atoms with Gasteiger partial charge >= 0.3 is 0 Å². The van der Waals surface area contributed by atoms with Crippen molar-refractivity contribution in [3.8, 4) is 0 Å². The summed E-state index contributed by atoms with van der Waals surface area (Å²) in [4.78, 5) is 11.3. The van der Waals surface area contributed by atoms with E-state index in [4.69, 9.17) is 16.7 Å². The van der Waals surface area contributed by atoms with E-state index < -0.39 is 40.1 Å². The molecule has 0 unspecified atom stereocenters. The molecule has 118 valence electrons. The highest BCUT2D eigenvalue weighted by Crippen LogP contribution is 2.19. The van der Waals surface area contributed by atoms with Crippen LogP contribution in [0.5, 0.6) is 0 Å². The number of sulfonamides is 1. The fraction of sp³-hybridized carbons (Fsp3) is 0.417. The molecule has 0 aliphatic heterocycles. The van der Waals surface area contributed by atoms with Gasteiger partial charge in [-0.2, -0.15) is 0 Å². The Labute approximate surface area is 127 Å². The van der Waals surface area contributed by atoms with Gasteiger partial charge in [-0.15, -0.1) is 11.6 Å². The number of carbonyl (C=O) groups is 1. The van der Waals surface area contributed by atoms with Crippen molar-refractivity contribution in [2.75, 3.05) is 6.67 Å². The lowest BCUT2D eigenvalue weighted by molar-refractivity contribution is -0.122. The van der Waals surface area contributed by atoms with Gasteiger partial charge in [0.1, 0.15) is 18.2 Å². The van der Waals surface area contributed by atoms with E-state index in [1.54, 1.807) is 0 Å². The molecular weight excluding hydrogens is 323 g/mol. The lowest BCUT2D eigenvalue weighted by Gasteiger charge is -2.22. The molecular formula is C12H16ClFN2O4S. The number of rotatable bonds is 6. The van der Waals surface area contributed by atoms with Gasteiger partial charge < -0.3 is 10.4 Å². The second-order valence-electron chi connectivity index (χ2n) is 4.44. The number of nitrogens with one attached hydrogen (secondary N) is 1. The molecule has 0 saturated heterocycles. The minimum Gasteiger partial charge on any atom is -0.386 e. The zero-order valence-electron chi connectivity index (χ0n) is 11.2. The summed E-state index contributed by atoms with van der Waals surface area (Å²) in [7, 11) is -3.84. The maximum atomic E-state index is 13.0. The zero-order chi connectivity index (χ0) is 16.2. The molecule has 9 heteroatoms. The van der Waals surface area contributed by atoms with Crippen molar-refractivity contribution in [2.24, 2.45) is 5.14 Å². The molecule has 0 heterocycles. The summed E-state index contributed by atoms with van der Waals surface area (Å²) in [6.07, 6.45) is -1.34. The van der Waals surface area contributed by atoms with Gasteiger partial charge in [0.15, 0.2) is 0 Å². The minimum atomic E-state index is -3.84. The number of hydrogen-bond donors (Lipinski definition) is 3. The Morgan fingerprint density at radius 2 is 1.95 bits per heavy atom. The molecule has 0 bridgehead atoms. The largest absolute Gasteiger partial charge is 0.386 e. The van der Waals surface area contributed by atoms with Gasteiger partial charge in [-0.05, 0) is 24.6 Å². The van der Waals surface area contributed by atoms with Crippen molar-refractivity contribution in [3.63, 3.8) is 0 Å². The Balaban J connectivity index is 2.90. The fourth-order valence-corrected chi connectivity index (χ4v) is 2.16. The van der Waals surface area contributed by atoms with Gasteiger partial charge in [-0.1, -0.05) is 12.1 Å². The van der Waals surface area contributed by atoms with E-state index in [0.29, 0.717) is 0 Å². The second-order valence-corrected chi connectivity index (χ2v) is 6.66. The van der Waals surface area contributed by atoms with Crippen molar-refractivity contribution >= 4 is 27.5 Å². The number of amides is 1. The Morgan fingerprint density at radius 1 is 1.43 bits per heavy atom. The first-order valence-corrected chi connectivity index (χ1v) is 7.96. The number of halogens is 2. The highest BCUT2D eigenvalue weighted by molar-refractivity contribution is 7.89. The molecule has 0 fully saturated rings. The van der Waals surface area contributed by atoms with Gasteiger partial charge in [0.25, 0.3) is 0 Å². The van der Waals surface area contributed by atoms with Crippen LogP contribution in [0.15, 0.2) is 29.2 Å². The third-order valence-corrected chi connectivity index (χ3v) is 3.91. The number of carbonyl (C=O) groups excluding carboxylic acids is 1. The Hall–Kier alpha value is -1.22. The molecule has 0 saturated carbocycles. The number of primary sulfonamides is 1. The van der Waals surface area contributed by atoms with E-state index in [9.17, 15) is 22.7 Å².